The van der Waals surface area contributed by atoms with Gasteiger partial charge in [-0.05, 0) is 30.9 Å². The molecule has 0 amide bonds. The molecule has 0 spiro atoms. The Bertz CT molecular complexity index is 497. The zero-order chi connectivity index (χ0) is 14.8. The number of carbonyl (C=O) groups is 1. The van der Waals surface area contributed by atoms with Crippen LogP contribution in [0.25, 0.3) is 0 Å². The predicted molar refractivity (Wildman–Crippen MR) is 79.1 cm³/mol. The molecule has 0 heterocycles. The van der Waals surface area contributed by atoms with Crippen molar-refractivity contribution in [2.45, 2.75) is 18.9 Å². The van der Waals surface area contributed by atoms with Crippen molar-refractivity contribution < 1.29 is 9.90 Å². The number of hydrogen-bond donors (Lipinski definition) is 2. The van der Waals surface area contributed by atoms with E-state index >= 15 is 0 Å². The predicted octanol–water partition coefficient (Wildman–Crippen LogP) is 2.46. The minimum atomic E-state index is -0.959. The van der Waals surface area contributed by atoms with Gasteiger partial charge in [0.25, 0.3) is 0 Å². The first-order valence-electron chi connectivity index (χ1n) is 6.34. The van der Waals surface area contributed by atoms with Crippen LogP contribution in [0.2, 0.25) is 0 Å². The molecule has 0 fully saturated rings. The second-order valence-electron chi connectivity index (χ2n) is 4.30. The maximum Gasteiger partial charge on any atom is 0.320 e. The standard InChI is InChI=1S/C9H11NO2.C8H7/c10-8(9(11)12)6-7-4-2-1-3-5-7;1-2-8-6-4-3-5-7-8/h1-5,8H,6,10H2,(H,11,12);3-7H,2H2. The Balaban J connectivity index is 0.000000217. The van der Waals surface area contributed by atoms with Crippen molar-refractivity contribution in [1.29, 1.82) is 0 Å². The van der Waals surface area contributed by atoms with Crippen LogP contribution in [0.4, 0.5) is 0 Å². The highest BCUT2D eigenvalue weighted by molar-refractivity contribution is 5.73. The smallest absolute Gasteiger partial charge is 0.320 e. The number of carboxylic acid groups (broad SMARTS) is 1. The van der Waals surface area contributed by atoms with E-state index in [0.29, 0.717) is 12.8 Å². The molecule has 0 aliphatic heterocycles. The van der Waals surface area contributed by atoms with Gasteiger partial charge in [-0.2, -0.15) is 0 Å². The molecule has 3 radical (unpaired) electrons. The molecule has 1 unspecified atom stereocenters. The molecule has 0 saturated heterocycles. The van der Waals surface area contributed by atoms with Gasteiger partial charge in [-0.3, -0.25) is 4.79 Å². The fourth-order valence-electron chi connectivity index (χ4n) is 1.55. The Labute approximate surface area is 120 Å². The molecule has 0 aliphatic carbocycles. The maximum atomic E-state index is 10.4. The number of carboxylic acids is 1. The topological polar surface area (TPSA) is 63.3 Å². The number of aliphatic carboxylic acids is 1. The summed E-state index contributed by atoms with van der Waals surface area (Å²) in [4.78, 5) is 10.4. The summed E-state index contributed by atoms with van der Waals surface area (Å²) in [7, 11) is 0. The molecule has 2 aromatic rings. The fraction of sp³-hybridized carbons (Fsp3) is 0.176. The number of benzene rings is 2. The van der Waals surface area contributed by atoms with Crippen molar-refractivity contribution in [2.24, 2.45) is 5.73 Å². The summed E-state index contributed by atoms with van der Waals surface area (Å²) >= 11 is 0. The van der Waals surface area contributed by atoms with Gasteiger partial charge < -0.3 is 10.8 Å². The van der Waals surface area contributed by atoms with Crippen LogP contribution in [0.1, 0.15) is 11.1 Å². The van der Waals surface area contributed by atoms with Crippen molar-refractivity contribution in [1.82, 2.24) is 0 Å². The third-order valence-electron chi connectivity index (χ3n) is 2.66. The van der Waals surface area contributed by atoms with Gasteiger partial charge in [-0.1, -0.05) is 60.7 Å². The van der Waals surface area contributed by atoms with Crippen molar-refractivity contribution in [2.75, 3.05) is 0 Å². The van der Waals surface area contributed by atoms with Crippen LogP contribution in [0.15, 0.2) is 60.7 Å². The van der Waals surface area contributed by atoms with E-state index < -0.39 is 12.0 Å². The van der Waals surface area contributed by atoms with Gasteiger partial charge in [0, 0.05) is 0 Å². The Morgan fingerprint density at radius 2 is 1.45 bits per heavy atom. The molecule has 3 heteroatoms. The number of nitrogens with two attached hydrogens (primary N) is 1. The largest absolute Gasteiger partial charge is 0.480 e. The minimum Gasteiger partial charge on any atom is -0.480 e. The zero-order valence-electron chi connectivity index (χ0n) is 11.2. The highest BCUT2D eigenvalue weighted by Gasteiger charge is 2.10. The van der Waals surface area contributed by atoms with Crippen LogP contribution >= 0.6 is 0 Å². The van der Waals surface area contributed by atoms with Gasteiger partial charge in [-0.15, -0.1) is 0 Å². The van der Waals surface area contributed by atoms with Crippen LogP contribution in [-0.2, 0) is 17.6 Å². The van der Waals surface area contributed by atoms with Crippen LogP contribution in [0, 0.1) is 6.92 Å². The van der Waals surface area contributed by atoms with E-state index in [1.807, 2.05) is 60.7 Å². The summed E-state index contributed by atoms with van der Waals surface area (Å²) < 4.78 is 0. The molecule has 3 nitrogen and oxygen atoms in total. The summed E-state index contributed by atoms with van der Waals surface area (Å²) in [5, 5.41) is 8.52. The van der Waals surface area contributed by atoms with Crippen LogP contribution in [-0.4, -0.2) is 17.1 Å². The summed E-state index contributed by atoms with van der Waals surface area (Å²) in [6.45, 7) is 6.94. The Morgan fingerprint density at radius 3 is 1.80 bits per heavy atom. The van der Waals surface area contributed by atoms with Crippen molar-refractivity contribution in [3.63, 3.8) is 0 Å². The molecular formula is C17H18NO2. The van der Waals surface area contributed by atoms with Gasteiger partial charge >= 0.3 is 5.97 Å². The van der Waals surface area contributed by atoms with Gasteiger partial charge in [0.05, 0.1) is 0 Å². The summed E-state index contributed by atoms with van der Waals surface area (Å²) in [6, 6.07) is 18.3. The minimum absolute atomic E-state index is 0.385. The summed E-state index contributed by atoms with van der Waals surface area (Å²) in [6.07, 6.45) is 0.775. The quantitative estimate of drug-likeness (QED) is 0.895. The molecule has 1 atom stereocenters. The second-order valence-corrected chi connectivity index (χ2v) is 4.30. The van der Waals surface area contributed by atoms with E-state index in [9.17, 15) is 4.79 Å². The second kappa shape index (κ2) is 8.88. The van der Waals surface area contributed by atoms with Gasteiger partial charge in [-0.25, -0.2) is 0 Å². The summed E-state index contributed by atoms with van der Waals surface area (Å²) in [5.41, 5.74) is 7.38. The SMILES string of the molecule is NC(Cc1ccccc1)C(=O)O.[C]Cc1ccccc1. The third kappa shape index (κ3) is 6.16. The third-order valence-corrected chi connectivity index (χ3v) is 2.66. The van der Waals surface area contributed by atoms with Crippen LogP contribution in [0.3, 0.4) is 0 Å². The first kappa shape index (κ1) is 15.9. The zero-order valence-corrected chi connectivity index (χ0v) is 11.2. The normalized spacial score (nSPS) is 11.1. The molecule has 0 bridgehead atoms. The Hall–Kier alpha value is -2.13. The van der Waals surface area contributed by atoms with Gasteiger partial charge in [0.15, 0.2) is 0 Å². The molecule has 2 rings (SSSR count). The van der Waals surface area contributed by atoms with Crippen LogP contribution in [0.5, 0.6) is 0 Å². The number of rotatable bonds is 4. The fourth-order valence-corrected chi connectivity index (χ4v) is 1.55. The van der Waals surface area contributed by atoms with Crippen molar-refractivity contribution >= 4 is 5.97 Å². The lowest BCUT2D eigenvalue weighted by Gasteiger charge is -2.04. The average Bonchev–Trinajstić information content (AvgIpc) is 2.49. The molecule has 0 aromatic heterocycles. The van der Waals surface area contributed by atoms with E-state index in [4.69, 9.17) is 17.8 Å². The van der Waals surface area contributed by atoms with Crippen LogP contribution < -0.4 is 5.73 Å². The highest BCUT2D eigenvalue weighted by Crippen LogP contribution is 2.01. The van der Waals surface area contributed by atoms with E-state index in [0.717, 1.165) is 11.1 Å². The molecule has 0 aliphatic rings. The lowest BCUT2D eigenvalue weighted by molar-refractivity contribution is -0.138. The molecule has 2 aromatic carbocycles. The molecule has 0 saturated carbocycles. The van der Waals surface area contributed by atoms with Crippen molar-refractivity contribution in [3.8, 4) is 0 Å². The lowest BCUT2D eigenvalue weighted by atomic mass is 10.1. The van der Waals surface area contributed by atoms with E-state index in [-0.39, 0.29) is 0 Å². The van der Waals surface area contributed by atoms with E-state index in [2.05, 4.69) is 0 Å². The Morgan fingerprint density at radius 1 is 1.00 bits per heavy atom. The molecule has 103 valence electrons. The molecular weight excluding hydrogens is 250 g/mol. The maximum absolute atomic E-state index is 10.4. The Kier molecular flexibility index (Phi) is 7.07. The van der Waals surface area contributed by atoms with Gasteiger partial charge in [0.1, 0.15) is 6.04 Å². The first-order chi connectivity index (χ1) is 9.63. The van der Waals surface area contributed by atoms with E-state index in [1.54, 1.807) is 0 Å². The van der Waals surface area contributed by atoms with Gasteiger partial charge in [0.2, 0.25) is 0 Å². The first-order valence-corrected chi connectivity index (χ1v) is 6.34. The van der Waals surface area contributed by atoms with Crippen molar-refractivity contribution in [3.05, 3.63) is 78.7 Å². The lowest BCUT2D eigenvalue weighted by Crippen LogP contribution is -2.32. The number of hydrogen-bond acceptors (Lipinski definition) is 2. The average molecular weight is 268 g/mol. The monoisotopic (exact) mass is 268 g/mol. The molecule has 3 N–H and O–H groups in total. The van der Waals surface area contributed by atoms with E-state index in [1.165, 1.54) is 0 Å². The molecule has 20 heavy (non-hydrogen) atoms. The summed E-state index contributed by atoms with van der Waals surface area (Å²) in [5.74, 6) is -0.959. The highest BCUT2D eigenvalue weighted by atomic mass is 16.4.